The van der Waals surface area contributed by atoms with Gasteiger partial charge in [-0.05, 0) is 37.8 Å². The highest BCUT2D eigenvalue weighted by Gasteiger charge is 2.35. The van der Waals surface area contributed by atoms with Crippen LogP contribution < -0.4 is 5.32 Å². The Labute approximate surface area is 173 Å². The maximum atomic E-state index is 12.6. The van der Waals surface area contributed by atoms with Crippen molar-refractivity contribution in [2.24, 2.45) is 0 Å². The molecule has 0 saturated carbocycles. The SMILES string of the molecule is CCOC(=O)C1=C(C)NC(SCc2ccc(C)cc2)=C(C#N)[C@H]1c1cccs1. The topological polar surface area (TPSA) is 62.1 Å². The van der Waals surface area contributed by atoms with Crippen LogP contribution in [0.2, 0.25) is 0 Å². The highest BCUT2D eigenvalue weighted by molar-refractivity contribution is 8.02. The second kappa shape index (κ2) is 9.13. The van der Waals surface area contributed by atoms with Gasteiger partial charge in [-0.15, -0.1) is 23.1 Å². The number of nitrogens with one attached hydrogen (secondary N) is 1. The quantitative estimate of drug-likeness (QED) is 0.659. The molecule has 1 aliphatic rings. The van der Waals surface area contributed by atoms with E-state index in [4.69, 9.17) is 4.74 Å². The summed E-state index contributed by atoms with van der Waals surface area (Å²) in [5.41, 5.74) is 4.22. The number of aryl methyl sites for hydroxylation is 1. The van der Waals surface area contributed by atoms with Crippen molar-refractivity contribution in [2.75, 3.05) is 6.61 Å². The molecule has 0 aliphatic carbocycles. The van der Waals surface area contributed by atoms with E-state index in [1.807, 2.05) is 24.4 Å². The smallest absolute Gasteiger partial charge is 0.336 e. The second-order valence-corrected chi connectivity index (χ2v) is 8.43. The predicted molar refractivity (Wildman–Crippen MR) is 115 cm³/mol. The Bertz CT molecular complexity index is 951. The molecule has 6 heteroatoms. The van der Waals surface area contributed by atoms with E-state index >= 15 is 0 Å². The molecular weight excluding hydrogens is 388 g/mol. The van der Waals surface area contributed by atoms with Crippen molar-refractivity contribution in [2.45, 2.75) is 32.4 Å². The number of thioether (sulfide) groups is 1. The van der Waals surface area contributed by atoms with Gasteiger partial charge in [-0.2, -0.15) is 5.26 Å². The first kappa shape index (κ1) is 20.2. The van der Waals surface area contributed by atoms with Crippen molar-refractivity contribution >= 4 is 29.1 Å². The van der Waals surface area contributed by atoms with E-state index in [1.54, 1.807) is 30.0 Å². The molecule has 0 fully saturated rings. The minimum absolute atomic E-state index is 0.299. The molecule has 1 aromatic carbocycles. The Morgan fingerprint density at radius 3 is 2.64 bits per heavy atom. The predicted octanol–water partition coefficient (Wildman–Crippen LogP) is 5.25. The number of hydrogen-bond acceptors (Lipinski definition) is 6. The summed E-state index contributed by atoms with van der Waals surface area (Å²) < 4.78 is 5.28. The largest absolute Gasteiger partial charge is 0.463 e. The van der Waals surface area contributed by atoms with Crippen LogP contribution in [0, 0.1) is 18.3 Å². The number of esters is 1. The van der Waals surface area contributed by atoms with E-state index in [1.165, 1.54) is 11.1 Å². The molecule has 2 heterocycles. The molecule has 0 bridgehead atoms. The number of nitrogens with zero attached hydrogens (tertiary/aromatic N) is 1. The first-order valence-corrected chi connectivity index (χ1v) is 10.9. The van der Waals surface area contributed by atoms with E-state index < -0.39 is 5.92 Å². The minimum Gasteiger partial charge on any atom is -0.463 e. The molecule has 28 heavy (non-hydrogen) atoms. The third-order valence-corrected chi connectivity index (χ3v) is 6.50. The van der Waals surface area contributed by atoms with Gasteiger partial charge in [0.1, 0.15) is 0 Å². The Balaban J connectivity index is 1.95. The minimum atomic E-state index is -0.397. The van der Waals surface area contributed by atoms with Gasteiger partial charge < -0.3 is 10.1 Å². The highest BCUT2D eigenvalue weighted by Crippen LogP contribution is 2.43. The van der Waals surface area contributed by atoms with Gasteiger partial charge >= 0.3 is 5.97 Å². The molecule has 1 atom stereocenters. The summed E-state index contributed by atoms with van der Waals surface area (Å²) >= 11 is 3.13. The van der Waals surface area contributed by atoms with Crippen LogP contribution in [0.3, 0.4) is 0 Å². The lowest BCUT2D eigenvalue weighted by molar-refractivity contribution is -0.138. The highest BCUT2D eigenvalue weighted by atomic mass is 32.2. The molecule has 2 aromatic rings. The van der Waals surface area contributed by atoms with E-state index in [2.05, 4.69) is 42.6 Å². The maximum Gasteiger partial charge on any atom is 0.336 e. The van der Waals surface area contributed by atoms with Crippen molar-refractivity contribution in [3.8, 4) is 6.07 Å². The van der Waals surface area contributed by atoms with Crippen LogP contribution in [-0.4, -0.2) is 12.6 Å². The van der Waals surface area contributed by atoms with Gasteiger partial charge in [0.25, 0.3) is 0 Å². The Hall–Kier alpha value is -2.49. The van der Waals surface area contributed by atoms with Crippen molar-refractivity contribution in [3.05, 3.63) is 79.7 Å². The number of ether oxygens (including phenoxy) is 1. The number of carbonyl (C=O) groups excluding carboxylic acids is 1. The first-order chi connectivity index (χ1) is 13.5. The Kier molecular flexibility index (Phi) is 6.61. The molecule has 0 saturated heterocycles. The fraction of sp³-hybridized carbons (Fsp3) is 0.273. The van der Waals surface area contributed by atoms with Gasteiger partial charge in [0.2, 0.25) is 0 Å². The number of benzene rings is 1. The number of rotatable bonds is 6. The number of thiophene rings is 1. The van der Waals surface area contributed by atoms with Gasteiger partial charge in [-0.25, -0.2) is 4.79 Å². The van der Waals surface area contributed by atoms with Gasteiger partial charge in [-0.1, -0.05) is 35.9 Å². The molecule has 3 rings (SSSR count). The fourth-order valence-corrected chi connectivity index (χ4v) is 4.98. The lowest BCUT2D eigenvalue weighted by Gasteiger charge is -2.28. The lowest BCUT2D eigenvalue weighted by Crippen LogP contribution is -2.28. The molecule has 1 aliphatic heterocycles. The summed E-state index contributed by atoms with van der Waals surface area (Å²) in [5, 5.41) is 16.0. The fourth-order valence-electron chi connectivity index (χ4n) is 3.09. The molecule has 0 radical (unpaired) electrons. The number of carbonyl (C=O) groups is 1. The van der Waals surface area contributed by atoms with E-state index in [-0.39, 0.29) is 5.97 Å². The molecule has 144 valence electrons. The standard InChI is InChI=1S/C22H22N2O2S2/c1-4-26-22(25)19-15(3)24-21(28-13-16-9-7-14(2)8-10-16)17(12-23)20(19)18-6-5-11-27-18/h5-11,20,24H,4,13H2,1-3H3/t20-/m0/s1. The molecule has 1 N–H and O–H groups in total. The maximum absolute atomic E-state index is 12.6. The normalized spacial score (nSPS) is 16.6. The van der Waals surface area contributed by atoms with Crippen molar-refractivity contribution in [1.82, 2.24) is 5.32 Å². The molecular formula is C22H22N2O2S2. The third kappa shape index (κ3) is 4.32. The van der Waals surface area contributed by atoms with Crippen molar-refractivity contribution in [3.63, 3.8) is 0 Å². The van der Waals surface area contributed by atoms with Gasteiger partial charge in [0.05, 0.1) is 34.8 Å². The molecule has 4 nitrogen and oxygen atoms in total. The van der Waals surface area contributed by atoms with Crippen molar-refractivity contribution < 1.29 is 9.53 Å². The van der Waals surface area contributed by atoms with Crippen LogP contribution in [-0.2, 0) is 15.3 Å². The van der Waals surface area contributed by atoms with E-state index in [0.717, 1.165) is 21.4 Å². The first-order valence-electron chi connectivity index (χ1n) is 9.06. The van der Waals surface area contributed by atoms with Gasteiger partial charge in [0, 0.05) is 16.3 Å². The van der Waals surface area contributed by atoms with Crippen LogP contribution >= 0.6 is 23.1 Å². The van der Waals surface area contributed by atoms with Gasteiger partial charge in [0.15, 0.2) is 0 Å². The number of hydrogen-bond donors (Lipinski definition) is 1. The summed E-state index contributed by atoms with van der Waals surface area (Å²) in [5.74, 6) is -0.0282. The Morgan fingerprint density at radius 1 is 1.29 bits per heavy atom. The van der Waals surface area contributed by atoms with Crippen LogP contribution in [0.1, 0.15) is 35.8 Å². The monoisotopic (exact) mass is 410 g/mol. The summed E-state index contributed by atoms with van der Waals surface area (Å²) in [7, 11) is 0. The summed E-state index contributed by atoms with van der Waals surface area (Å²) in [6.07, 6.45) is 0. The average Bonchev–Trinajstić information content (AvgIpc) is 3.21. The third-order valence-electron chi connectivity index (χ3n) is 4.47. The van der Waals surface area contributed by atoms with Gasteiger partial charge in [-0.3, -0.25) is 0 Å². The van der Waals surface area contributed by atoms with E-state index in [0.29, 0.717) is 17.8 Å². The zero-order valence-electron chi connectivity index (χ0n) is 16.1. The molecule has 1 aromatic heterocycles. The van der Waals surface area contributed by atoms with E-state index in [9.17, 15) is 10.1 Å². The lowest BCUT2D eigenvalue weighted by atomic mass is 9.87. The summed E-state index contributed by atoms with van der Waals surface area (Å²) in [4.78, 5) is 13.6. The number of nitriles is 1. The Morgan fingerprint density at radius 2 is 2.04 bits per heavy atom. The zero-order chi connectivity index (χ0) is 20.1. The van der Waals surface area contributed by atoms with Crippen LogP contribution in [0.25, 0.3) is 0 Å². The number of dihydropyridines is 1. The number of allylic oxidation sites excluding steroid dienone is 2. The zero-order valence-corrected chi connectivity index (χ0v) is 17.7. The summed E-state index contributed by atoms with van der Waals surface area (Å²) in [6, 6.07) is 14.6. The molecule has 0 unspecified atom stereocenters. The van der Waals surface area contributed by atoms with Crippen LogP contribution in [0.5, 0.6) is 0 Å². The molecule has 0 amide bonds. The average molecular weight is 411 g/mol. The van der Waals surface area contributed by atoms with Crippen LogP contribution in [0.15, 0.2) is 63.7 Å². The van der Waals surface area contributed by atoms with Crippen LogP contribution in [0.4, 0.5) is 0 Å². The second-order valence-electron chi connectivity index (χ2n) is 6.46. The molecule has 0 spiro atoms. The van der Waals surface area contributed by atoms with Crippen molar-refractivity contribution in [1.29, 1.82) is 5.26 Å². The summed E-state index contributed by atoms with van der Waals surface area (Å²) in [6.45, 7) is 6.02.